The molecule has 0 N–H and O–H groups in total. The van der Waals surface area contributed by atoms with E-state index in [9.17, 15) is 4.79 Å². The van der Waals surface area contributed by atoms with Gasteiger partial charge in [-0.15, -0.1) is 11.3 Å². The predicted octanol–water partition coefficient (Wildman–Crippen LogP) is 1.96. The van der Waals surface area contributed by atoms with E-state index >= 15 is 0 Å². The molecule has 1 aliphatic heterocycles. The Kier molecular flexibility index (Phi) is 5.24. The second kappa shape index (κ2) is 6.72. The van der Waals surface area contributed by atoms with Gasteiger partial charge in [-0.05, 0) is 33.2 Å². The molecule has 0 unspecified atom stereocenters. The Morgan fingerprint density at radius 3 is 3.00 bits per heavy atom. The topological polar surface area (TPSA) is 36.4 Å². The van der Waals surface area contributed by atoms with E-state index in [0.717, 1.165) is 36.0 Å². The van der Waals surface area contributed by atoms with Crippen LogP contribution in [0, 0.1) is 6.92 Å². The summed E-state index contributed by atoms with van der Waals surface area (Å²) >= 11 is 3.49. The molecular weight excluding hydrogens is 278 g/mol. The van der Waals surface area contributed by atoms with E-state index in [1.807, 2.05) is 29.0 Å². The first-order valence-electron chi connectivity index (χ1n) is 6.53. The van der Waals surface area contributed by atoms with Gasteiger partial charge in [0.15, 0.2) is 0 Å². The monoisotopic (exact) mass is 299 g/mol. The average Bonchev–Trinajstić information content (AvgIpc) is 2.65. The first-order valence-corrected chi connectivity index (χ1v) is 8.57. The minimum Gasteiger partial charge on any atom is -0.332 e. The number of likely N-dealkylation sites (N-methyl/N-ethyl adjacent to an activating group) is 1. The quantitative estimate of drug-likeness (QED) is 0.855. The number of hydrogen-bond donors (Lipinski definition) is 0. The predicted molar refractivity (Wildman–Crippen MR) is 82.2 cm³/mol. The third-order valence-electron chi connectivity index (χ3n) is 3.11. The average molecular weight is 299 g/mol. The summed E-state index contributed by atoms with van der Waals surface area (Å²) in [5.41, 5.74) is 0.609. The van der Waals surface area contributed by atoms with Crippen molar-refractivity contribution in [3.63, 3.8) is 0 Å². The molecular formula is C13H21N3OS2. The number of rotatable bonds is 3. The summed E-state index contributed by atoms with van der Waals surface area (Å²) < 4.78 is 0. The summed E-state index contributed by atoms with van der Waals surface area (Å²) in [6.07, 6.45) is 1.07. The molecule has 1 aromatic rings. The van der Waals surface area contributed by atoms with Crippen molar-refractivity contribution in [3.8, 4) is 0 Å². The number of aryl methyl sites for hydroxylation is 1. The van der Waals surface area contributed by atoms with Gasteiger partial charge in [0.05, 0.1) is 11.0 Å². The Morgan fingerprint density at radius 1 is 1.58 bits per heavy atom. The highest BCUT2D eigenvalue weighted by Crippen LogP contribution is 2.20. The van der Waals surface area contributed by atoms with Crippen LogP contribution in [0.15, 0.2) is 5.38 Å². The Balaban J connectivity index is 2.14. The molecule has 1 fully saturated rings. The van der Waals surface area contributed by atoms with Gasteiger partial charge < -0.3 is 9.80 Å². The second-order valence-corrected chi connectivity index (χ2v) is 7.31. The van der Waals surface area contributed by atoms with Crippen LogP contribution in [-0.4, -0.2) is 65.4 Å². The maximum absolute atomic E-state index is 12.6. The van der Waals surface area contributed by atoms with Crippen LogP contribution in [0.3, 0.4) is 0 Å². The third-order valence-corrected chi connectivity index (χ3v) is 5.08. The Morgan fingerprint density at radius 2 is 2.37 bits per heavy atom. The van der Waals surface area contributed by atoms with E-state index < -0.39 is 0 Å². The molecule has 1 amide bonds. The molecule has 1 aliphatic rings. The van der Waals surface area contributed by atoms with E-state index in [0.29, 0.717) is 5.69 Å². The van der Waals surface area contributed by atoms with Crippen molar-refractivity contribution in [2.75, 3.05) is 38.7 Å². The van der Waals surface area contributed by atoms with Gasteiger partial charge in [0.25, 0.3) is 5.91 Å². The summed E-state index contributed by atoms with van der Waals surface area (Å²) in [4.78, 5) is 21.1. The third kappa shape index (κ3) is 3.94. The highest BCUT2D eigenvalue weighted by molar-refractivity contribution is 7.99. The van der Waals surface area contributed by atoms with Gasteiger partial charge in [-0.1, -0.05) is 0 Å². The van der Waals surface area contributed by atoms with Crippen LogP contribution >= 0.6 is 23.1 Å². The molecule has 0 radical (unpaired) electrons. The summed E-state index contributed by atoms with van der Waals surface area (Å²) in [6, 6.07) is 0.289. The number of nitrogens with zero attached hydrogens (tertiary/aromatic N) is 3. The van der Waals surface area contributed by atoms with Crippen molar-refractivity contribution in [2.45, 2.75) is 19.4 Å². The molecule has 2 heterocycles. The van der Waals surface area contributed by atoms with Crippen LogP contribution in [0.4, 0.5) is 0 Å². The lowest BCUT2D eigenvalue weighted by atomic mass is 10.2. The van der Waals surface area contributed by atoms with Crippen molar-refractivity contribution < 1.29 is 4.79 Å². The molecule has 0 bridgehead atoms. The van der Waals surface area contributed by atoms with Gasteiger partial charge in [-0.25, -0.2) is 4.98 Å². The smallest absolute Gasteiger partial charge is 0.273 e. The number of carbonyl (C=O) groups is 1. The Bertz CT molecular complexity index is 433. The molecule has 0 spiro atoms. The van der Waals surface area contributed by atoms with Gasteiger partial charge >= 0.3 is 0 Å². The highest BCUT2D eigenvalue weighted by atomic mass is 32.2. The minimum absolute atomic E-state index is 0.0960. The zero-order valence-corrected chi connectivity index (χ0v) is 13.4. The SMILES string of the molecule is Cc1nc(C(=O)N2CCCSC[C@@H]2CN(C)C)cs1. The summed E-state index contributed by atoms with van der Waals surface area (Å²) in [5.74, 6) is 2.26. The van der Waals surface area contributed by atoms with Gasteiger partial charge in [0.2, 0.25) is 0 Å². The van der Waals surface area contributed by atoms with Crippen LogP contribution in [0.5, 0.6) is 0 Å². The van der Waals surface area contributed by atoms with Crippen LogP contribution in [0.2, 0.25) is 0 Å². The molecule has 0 saturated carbocycles. The number of aromatic nitrogens is 1. The zero-order chi connectivity index (χ0) is 13.8. The maximum atomic E-state index is 12.6. The van der Waals surface area contributed by atoms with E-state index in [2.05, 4.69) is 24.0 Å². The van der Waals surface area contributed by atoms with Gasteiger partial charge in [-0.2, -0.15) is 11.8 Å². The fourth-order valence-corrected chi connectivity index (χ4v) is 3.92. The Labute approximate surface area is 123 Å². The summed E-state index contributed by atoms with van der Waals surface area (Å²) in [5, 5.41) is 2.83. The molecule has 0 aliphatic carbocycles. The van der Waals surface area contributed by atoms with Crippen molar-refractivity contribution in [2.24, 2.45) is 0 Å². The zero-order valence-electron chi connectivity index (χ0n) is 11.8. The summed E-state index contributed by atoms with van der Waals surface area (Å²) in [7, 11) is 4.12. The highest BCUT2D eigenvalue weighted by Gasteiger charge is 2.28. The van der Waals surface area contributed by atoms with Gasteiger partial charge in [0, 0.05) is 24.2 Å². The number of thioether (sulfide) groups is 1. The molecule has 1 saturated heterocycles. The van der Waals surface area contributed by atoms with E-state index in [1.54, 1.807) is 11.3 Å². The summed E-state index contributed by atoms with van der Waals surface area (Å²) in [6.45, 7) is 3.71. The van der Waals surface area contributed by atoms with Crippen molar-refractivity contribution in [3.05, 3.63) is 16.1 Å². The first kappa shape index (κ1) is 14.8. The van der Waals surface area contributed by atoms with Crippen molar-refractivity contribution in [1.82, 2.24) is 14.8 Å². The van der Waals surface area contributed by atoms with Crippen LogP contribution in [0.1, 0.15) is 21.9 Å². The lowest BCUT2D eigenvalue weighted by Crippen LogP contribution is -2.46. The lowest BCUT2D eigenvalue weighted by molar-refractivity contribution is 0.0670. The number of hydrogen-bond acceptors (Lipinski definition) is 5. The molecule has 2 rings (SSSR count). The van der Waals surface area contributed by atoms with E-state index in [1.165, 1.54) is 0 Å². The van der Waals surface area contributed by atoms with Gasteiger partial charge in [0.1, 0.15) is 5.69 Å². The number of thiazole rings is 1. The van der Waals surface area contributed by atoms with E-state index in [-0.39, 0.29) is 11.9 Å². The van der Waals surface area contributed by atoms with Crippen molar-refractivity contribution >= 4 is 29.0 Å². The maximum Gasteiger partial charge on any atom is 0.273 e. The fourth-order valence-electron chi connectivity index (χ4n) is 2.28. The second-order valence-electron chi connectivity index (χ2n) is 5.09. The number of carbonyl (C=O) groups excluding carboxylic acids is 1. The molecule has 19 heavy (non-hydrogen) atoms. The van der Waals surface area contributed by atoms with E-state index in [4.69, 9.17) is 0 Å². The Hall–Kier alpha value is -0.590. The lowest BCUT2D eigenvalue weighted by Gasteiger charge is -2.31. The largest absolute Gasteiger partial charge is 0.332 e. The fraction of sp³-hybridized carbons (Fsp3) is 0.692. The van der Waals surface area contributed by atoms with Crippen molar-refractivity contribution in [1.29, 1.82) is 0 Å². The molecule has 6 heteroatoms. The van der Waals surface area contributed by atoms with Crippen LogP contribution in [-0.2, 0) is 0 Å². The van der Waals surface area contributed by atoms with Crippen LogP contribution in [0.25, 0.3) is 0 Å². The molecule has 1 aromatic heterocycles. The molecule has 1 atom stereocenters. The first-order chi connectivity index (χ1) is 9.08. The van der Waals surface area contributed by atoms with Gasteiger partial charge in [-0.3, -0.25) is 4.79 Å². The molecule has 0 aromatic carbocycles. The van der Waals surface area contributed by atoms with Crippen LogP contribution < -0.4 is 0 Å². The minimum atomic E-state index is 0.0960. The standard InChI is InChI=1S/C13H21N3OS2/c1-10-14-12(9-19-10)13(17)16-5-4-6-18-8-11(16)7-15(2)3/h9,11H,4-8H2,1-3H3/t11-/m0/s1. The molecule has 4 nitrogen and oxygen atoms in total. The number of amides is 1. The molecule has 106 valence electrons. The normalized spacial score (nSPS) is 20.6.